The van der Waals surface area contributed by atoms with Crippen molar-refractivity contribution >= 4 is 17.6 Å². The van der Waals surface area contributed by atoms with Gasteiger partial charge in [-0.15, -0.1) is 0 Å². The smallest absolute Gasteiger partial charge is 0.194 e. The minimum Gasteiger partial charge on any atom is -0.386 e. The number of benzene rings is 1. The molecule has 7 heteroatoms. The summed E-state index contributed by atoms with van der Waals surface area (Å²) >= 11 is 6.19. The Hall–Kier alpha value is -1.34. The van der Waals surface area contributed by atoms with Gasteiger partial charge >= 0.3 is 0 Å². The molecule has 2 saturated heterocycles. The van der Waals surface area contributed by atoms with Crippen LogP contribution in [0.25, 0.3) is 0 Å². The summed E-state index contributed by atoms with van der Waals surface area (Å²) in [6, 6.07) is 7.40. The number of rotatable bonds is 6. The van der Waals surface area contributed by atoms with Crippen molar-refractivity contribution in [2.24, 2.45) is 10.9 Å². The molecular weight excluding hydrogens is 364 g/mol. The van der Waals surface area contributed by atoms with Crippen molar-refractivity contribution in [3.8, 4) is 0 Å². The van der Waals surface area contributed by atoms with Gasteiger partial charge in [0, 0.05) is 49.9 Å². The minimum absolute atomic E-state index is 0.302. The van der Waals surface area contributed by atoms with Crippen molar-refractivity contribution in [3.63, 3.8) is 0 Å². The molecule has 2 atom stereocenters. The molecule has 0 bridgehead atoms. The number of likely N-dealkylation sites (tertiary alicyclic amines) is 1. The first-order chi connectivity index (χ1) is 13.2. The molecule has 0 spiro atoms. The number of aliphatic hydroxyl groups is 1. The second-order valence-corrected chi connectivity index (χ2v) is 7.65. The van der Waals surface area contributed by atoms with E-state index >= 15 is 0 Å². The van der Waals surface area contributed by atoms with Crippen LogP contribution in [0.3, 0.4) is 0 Å². The van der Waals surface area contributed by atoms with Crippen LogP contribution in [0.5, 0.6) is 0 Å². The molecule has 2 unspecified atom stereocenters. The minimum atomic E-state index is -0.695. The molecule has 2 fully saturated rings. The van der Waals surface area contributed by atoms with Crippen molar-refractivity contribution in [3.05, 3.63) is 34.9 Å². The number of nitrogens with zero attached hydrogens (tertiary/aromatic N) is 3. The predicted molar refractivity (Wildman–Crippen MR) is 109 cm³/mol. The monoisotopic (exact) mass is 394 g/mol. The first kappa shape index (κ1) is 20.4. The van der Waals surface area contributed by atoms with Gasteiger partial charge in [-0.1, -0.05) is 29.8 Å². The largest absolute Gasteiger partial charge is 0.386 e. The number of ether oxygens (including phenoxy) is 1. The van der Waals surface area contributed by atoms with E-state index in [0.717, 1.165) is 64.0 Å². The number of hydrogen-bond donors (Lipinski definition) is 2. The van der Waals surface area contributed by atoms with E-state index in [1.807, 2.05) is 18.2 Å². The molecule has 0 radical (unpaired) electrons. The van der Waals surface area contributed by atoms with E-state index in [1.54, 1.807) is 6.07 Å². The van der Waals surface area contributed by atoms with Crippen LogP contribution in [0, 0.1) is 5.92 Å². The fraction of sp³-hybridized carbons (Fsp3) is 0.650. The number of halogens is 1. The Balaban J connectivity index is 1.56. The zero-order chi connectivity index (χ0) is 19.1. The topological polar surface area (TPSA) is 60.3 Å². The molecule has 3 rings (SSSR count). The Morgan fingerprint density at radius 3 is 2.85 bits per heavy atom. The highest BCUT2D eigenvalue weighted by Gasteiger charge is 2.27. The Bertz CT molecular complexity index is 622. The summed E-state index contributed by atoms with van der Waals surface area (Å²) in [7, 11) is 0. The molecule has 2 N–H and O–H groups in total. The lowest BCUT2D eigenvalue weighted by Crippen LogP contribution is -2.42. The average molecular weight is 395 g/mol. The van der Waals surface area contributed by atoms with Crippen LogP contribution < -0.4 is 5.32 Å². The summed E-state index contributed by atoms with van der Waals surface area (Å²) in [5.41, 5.74) is 0.727. The van der Waals surface area contributed by atoms with Gasteiger partial charge in [-0.25, -0.2) is 0 Å². The highest BCUT2D eigenvalue weighted by molar-refractivity contribution is 6.31. The van der Waals surface area contributed by atoms with Gasteiger partial charge in [-0.05, 0) is 25.3 Å². The zero-order valence-electron chi connectivity index (χ0n) is 16.1. The second-order valence-electron chi connectivity index (χ2n) is 7.25. The molecule has 1 aromatic carbocycles. The molecule has 150 valence electrons. The number of hydrogen-bond acceptors (Lipinski definition) is 4. The lowest BCUT2D eigenvalue weighted by atomic mass is 10.1. The summed E-state index contributed by atoms with van der Waals surface area (Å²) in [5, 5.41) is 14.4. The maximum atomic E-state index is 10.5. The Labute approximate surface area is 167 Å². The lowest BCUT2D eigenvalue weighted by molar-refractivity contribution is 0.0315. The molecule has 0 aliphatic carbocycles. The third kappa shape index (κ3) is 5.82. The van der Waals surface area contributed by atoms with Crippen LogP contribution >= 0.6 is 11.6 Å². The van der Waals surface area contributed by atoms with Crippen LogP contribution in [0.4, 0.5) is 0 Å². The molecule has 2 aliphatic heterocycles. The van der Waals surface area contributed by atoms with E-state index in [1.165, 1.54) is 6.42 Å². The fourth-order valence-corrected chi connectivity index (χ4v) is 4.03. The van der Waals surface area contributed by atoms with Crippen LogP contribution in [0.15, 0.2) is 29.3 Å². The Kier molecular flexibility index (Phi) is 7.76. The maximum absolute atomic E-state index is 10.5. The van der Waals surface area contributed by atoms with Gasteiger partial charge in [0.2, 0.25) is 0 Å². The standard InChI is InChI=1S/C20H31ClN4O2/c1-2-22-20(23-13-19(26)17-5-3-4-6-18(17)21)25-8-7-16(15-25)14-24-9-11-27-12-10-24/h3-6,16,19,26H,2,7-15H2,1H3,(H,22,23). The molecule has 0 saturated carbocycles. The molecule has 1 aromatic rings. The molecule has 2 aliphatic rings. The molecule has 0 amide bonds. The molecule has 27 heavy (non-hydrogen) atoms. The van der Waals surface area contributed by atoms with Gasteiger partial charge in [-0.3, -0.25) is 9.89 Å². The van der Waals surface area contributed by atoms with Gasteiger partial charge < -0.3 is 20.1 Å². The SMILES string of the molecule is CCNC(=NCC(O)c1ccccc1Cl)N1CCC(CN2CCOCC2)C1. The Morgan fingerprint density at radius 1 is 1.33 bits per heavy atom. The summed E-state index contributed by atoms with van der Waals surface area (Å²) in [5.74, 6) is 1.54. The molecule has 6 nitrogen and oxygen atoms in total. The quantitative estimate of drug-likeness (QED) is 0.570. The number of aliphatic hydroxyl groups excluding tert-OH is 1. The summed E-state index contributed by atoms with van der Waals surface area (Å²) in [4.78, 5) is 9.50. The van der Waals surface area contributed by atoms with Gasteiger partial charge in [0.15, 0.2) is 5.96 Å². The normalized spacial score (nSPS) is 22.9. The lowest BCUT2D eigenvalue weighted by Gasteiger charge is -2.29. The van der Waals surface area contributed by atoms with E-state index in [2.05, 4.69) is 27.0 Å². The third-order valence-electron chi connectivity index (χ3n) is 5.22. The third-order valence-corrected chi connectivity index (χ3v) is 5.56. The highest BCUT2D eigenvalue weighted by atomic mass is 35.5. The second kappa shape index (κ2) is 10.3. The van der Waals surface area contributed by atoms with Crippen LogP contribution in [0.1, 0.15) is 25.0 Å². The van der Waals surface area contributed by atoms with E-state index in [4.69, 9.17) is 16.3 Å². The van der Waals surface area contributed by atoms with E-state index < -0.39 is 6.10 Å². The number of nitrogens with one attached hydrogen (secondary N) is 1. The molecule has 0 aromatic heterocycles. The Morgan fingerprint density at radius 2 is 2.11 bits per heavy atom. The van der Waals surface area contributed by atoms with Crippen LogP contribution in [0.2, 0.25) is 5.02 Å². The van der Waals surface area contributed by atoms with Crippen LogP contribution in [-0.4, -0.2) is 79.9 Å². The van der Waals surface area contributed by atoms with Crippen molar-refractivity contribution in [2.75, 3.05) is 59.0 Å². The summed E-state index contributed by atoms with van der Waals surface area (Å²) in [6.07, 6.45) is 0.480. The van der Waals surface area contributed by atoms with Crippen LogP contribution in [-0.2, 0) is 4.74 Å². The van der Waals surface area contributed by atoms with Gasteiger partial charge in [0.25, 0.3) is 0 Å². The molecular formula is C20H31ClN4O2. The van der Waals surface area contributed by atoms with Crippen molar-refractivity contribution < 1.29 is 9.84 Å². The highest BCUT2D eigenvalue weighted by Crippen LogP contribution is 2.23. The fourth-order valence-electron chi connectivity index (χ4n) is 3.77. The van der Waals surface area contributed by atoms with E-state index in [9.17, 15) is 5.11 Å². The first-order valence-corrected chi connectivity index (χ1v) is 10.3. The number of morpholine rings is 1. The van der Waals surface area contributed by atoms with Gasteiger partial charge in [-0.2, -0.15) is 0 Å². The molecule has 2 heterocycles. The van der Waals surface area contributed by atoms with Crippen molar-refractivity contribution in [2.45, 2.75) is 19.4 Å². The van der Waals surface area contributed by atoms with E-state index in [-0.39, 0.29) is 0 Å². The summed E-state index contributed by atoms with van der Waals surface area (Å²) in [6.45, 7) is 10.1. The van der Waals surface area contributed by atoms with Gasteiger partial charge in [0.05, 0.1) is 19.8 Å². The average Bonchev–Trinajstić information content (AvgIpc) is 3.14. The summed E-state index contributed by atoms with van der Waals surface area (Å²) < 4.78 is 5.44. The van der Waals surface area contributed by atoms with Crippen molar-refractivity contribution in [1.29, 1.82) is 0 Å². The number of guanidine groups is 1. The predicted octanol–water partition coefficient (Wildman–Crippen LogP) is 1.99. The number of aliphatic imine (C=N–C) groups is 1. The first-order valence-electron chi connectivity index (χ1n) is 9.93. The van der Waals surface area contributed by atoms with Gasteiger partial charge in [0.1, 0.15) is 6.10 Å². The zero-order valence-corrected chi connectivity index (χ0v) is 16.9. The maximum Gasteiger partial charge on any atom is 0.194 e. The van der Waals surface area contributed by atoms with E-state index in [0.29, 0.717) is 17.5 Å². The van der Waals surface area contributed by atoms with Crippen molar-refractivity contribution in [1.82, 2.24) is 15.1 Å².